The third-order valence-electron chi connectivity index (χ3n) is 10.6. The van der Waals surface area contributed by atoms with Gasteiger partial charge in [-0.05, 0) is 62.9 Å². The van der Waals surface area contributed by atoms with Gasteiger partial charge in [0.25, 0.3) is 0 Å². The van der Waals surface area contributed by atoms with Gasteiger partial charge < -0.3 is 0 Å². The molecule has 0 aliphatic carbocycles. The summed E-state index contributed by atoms with van der Waals surface area (Å²) < 4.78 is 0.979. The van der Waals surface area contributed by atoms with Crippen LogP contribution in [0.1, 0.15) is 0 Å². The van der Waals surface area contributed by atoms with E-state index >= 15 is 0 Å². The average Bonchev–Trinajstić information content (AvgIpc) is 3.69. The molecule has 4 heterocycles. The molecule has 0 aliphatic heterocycles. The van der Waals surface area contributed by atoms with Gasteiger partial charge in [-0.3, -0.25) is 0 Å². The van der Waals surface area contributed by atoms with Crippen molar-refractivity contribution < 1.29 is 0 Å². The molecule has 0 amide bonds. The number of fused-ring (bicyclic) bond motifs is 4. The third-order valence-corrected chi connectivity index (χ3v) is 11.7. The molecule has 0 spiro atoms. The second-order valence-electron chi connectivity index (χ2n) is 14.3. The van der Waals surface area contributed by atoms with Crippen LogP contribution in [0.2, 0.25) is 0 Å². The fourth-order valence-electron chi connectivity index (χ4n) is 7.55. The molecule has 0 saturated carbocycles. The van der Waals surface area contributed by atoms with E-state index in [-0.39, 0.29) is 0 Å². The largest absolute Gasteiger partial charge is 0.237 e. The Bertz CT molecular complexity index is 3310. The first kappa shape index (κ1) is 34.4. The zero-order chi connectivity index (χ0) is 39.1. The van der Waals surface area contributed by atoms with E-state index in [0.717, 1.165) is 87.1 Å². The predicted octanol–water partition coefficient (Wildman–Crippen LogP) is 12.6. The van der Waals surface area contributed by atoms with Crippen LogP contribution in [0.25, 0.3) is 110 Å². The molecular weight excluding hydrogens is 743 g/mol. The van der Waals surface area contributed by atoms with Crippen LogP contribution in [0.5, 0.6) is 0 Å². The molecule has 0 N–H and O–H groups in total. The normalized spacial score (nSPS) is 11.4. The molecular formula is C51H31N7S. The number of rotatable bonds is 7. The first-order valence-electron chi connectivity index (χ1n) is 19.3. The molecule has 276 valence electrons. The summed E-state index contributed by atoms with van der Waals surface area (Å²) in [7, 11) is 0. The Balaban J connectivity index is 0.910. The molecule has 8 heteroatoms. The van der Waals surface area contributed by atoms with Crippen molar-refractivity contribution in [3.8, 4) is 78.8 Å². The van der Waals surface area contributed by atoms with Crippen LogP contribution in [0.3, 0.4) is 0 Å². The number of nitrogens with zero attached hydrogens (tertiary/aromatic N) is 7. The van der Waals surface area contributed by atoms with E-state index in [0.29, 0.717) is 17.5 Å². The lowest BCUT2D eigenvalue weighted by molar-refractivity contribution is 0.904. The lowest BCUT2D eigenvalue weighted by Gasteiger charge is -2.11. The van der Waals surface area contributed by atoms with E-state index in [9.17, 15) is 0 Å². The van der Waals surface area contributed by atoms with Crippen LogP contribution in [0.4, 0.5) is 0 Å². The van der Waals surface area contributed by atoms with Gasteiger partial charge in [0.15, 0.2) is 17.5 Å². The average molecular weight is 774 g/mol. The summed E-state index contributed by atoms with van der Waals surface area (Å²) >= 11 is 1.61. The van der Waals surface area contributed by atoms with Crippen LogP contribution in [0, 0.1) is 0 Å². The van der Waals surface area contributed by atoms with Crippen molar-refractivity contribution >= 4 is 42.7 Å². The quantitative estimate of drug-likeness (QED) is 0.159. The van der Waals surface area contributed by atoms with Gasteiger partial charge in [-0.1, -0.05) is 164 Å². The minimum Gasteiger partial charge on any atom is -0.237 e. The zero-order valence-corrected chi connectivity index (χ0v) is 32.3. The highest BCUT2D eigenvalue weighted by Gasteiger charge is 2.17. The summed E-state index contributed by atoms with van der Waals surface area (Å²) in [5.74, 6) is 1.87. The second-order valence-corrected chi connectivity index (χ2v) is 15.3. The number of thiophene rings is 1. The number of hydrogen-bond donors (Lipinski definition) is 0. The van der Waals surface area contributed by atoms with Crippen molar-refractivity contribution in [1.82, 2.24) is 35.3 Å². The molecule has 0 radical (unpaired) electrons. The van der Waals surface area contributed by atoms with Gasteiger partial charge in [0.1, 0.15) is 16.0 Å². The van der Waals surface area contributed by atoms with Gasteiger partial charge in [0.2, 0.25) is 0 Å². The van der Waals surface area contributed by atoms with Crippen molar-refractivity contribution in [2.24, 2.45) is 0 Å². The maximum Gasteiger partial charge on any atom is 0.164 e. The van der Waals surface area contributed by atoms with Crippen molar-refractivity contribution in [1.29, 1.82) is 0 Å². The SMILES string of the molecule is c1ccc(-c2ccc(-c3nc(-c4ccccc4)nc(-c4cccc(-c5ccc(-c6cccc(-c7nnnc8c7sc7nc9ccccc9cc78)c6)cc5)c4)n3)cc2)cc1. The summed E-state index contributed by atoms with van der Waals surface area (Å²) in [6.45, 7) is 0. The Labute approximate surface area is 343 Å². The van der Waals surface area contributed by atoms with Gasteiger partial charge >= 0.3 is 0 Å². The molecule has 59 heavy (non-hydrogen) atoms. The lowest BCUT2D eigenvalue weighted by atomic mass is 9.97. The molecule has 0 saturated heterocycles. The molecule has 11 aromatic rings. The lowest BCUT2D eigenvalue weighted by Crippen LogP contribution is -2.00. The molecule has 11 rings (SSSR count). The molecule has 0 bridgehead atoms. The molecule has 0 fully saturated rings. The van der Waals surface area contributed by atoms with E-state index in [1.165, 1.54) is 5.56 Å². The monoisotopic (exact) mass is 773 g/mol. The summed E-state index contributed by atoms with van der Waals surface area (Å²) in [6.07, 6.45) is 0. The van der Waals surface area contributed by atoms with E-state index in [1.54, 1.807) is 11.3 Å². The van der Waals surface area contributed by atoms with E-state index in [1.807, 2.05) is 54.6 Å². The molecule has 7 aromatic carbocycles. The van der Waals surface area contributed by atoms with Crippen LogP contribution in [-0.4, -0.2) is 35.3 Å². The topological polar surface area (TPSA) is 90.2 Å². The second kappa shape index (κ2) is 14.6. The highest BCUT2D eigenvalue weighted by Crippen LogP contribution is 2.39. The van der Waals surface area contributed by atoms with E-state index in [2.05, 4.69) is 149 Å². The molecule has 0 aliphatic rings. The Morgan fingerprint density at radius 1 is 0.339 bits per heavy atom. The number of aromatic nitrogens is 7. The first-order valence-corrected chi connectivity index (χ1v) is 20.1. The highest BCUT2D eigenvalue weighted by molar-refractivity contribution is 7.25. The minimum atomic E-state index is 0.618. The van der Waals surface area contributed by atoms with E-state index in [4.69, 9.17) is 19.9 Å². The Hall–Kier alpha value is -7.81. The summed E-state index contributed by atoms with van der Waals surface area (Å²) in [5, 5.41) is 15.2. The standard InChI is InChI=1S/C51H31N7S/c1-3-11-32(12-4-1)33-25-27-37(28-26-33)49-53-48(36-13-5-2-6-14-36)54-50(55-49)42-19-10-17-39(30-42)35-23-21-34(22-24-35)38-16-9-18-41(29-38)45-47-46(57-58-56-45)43-31-40-15-7-8-20-44(40)52-51(43)59-47/h1-31H. The summed E-state index contributed by atoms with van der Waals surface area (Å²) in [5.41, 5.74) is 13.0. The fraction of sp³-hybridized carbons (Fsp3) is 0. The van der Waals surface area contributed by atoms with Gasteiger partial charge in [0, 0.05) is 33.0 Å². The first-order chi connectivity index (χ1) is 29.2. The fourth-order valence-corrected chi connectivity index (χ4v) is 8.66. The molecule has 4 aromatic heterocycles. The van der Waals surface area contributed by atoms with Crippen LogP contribution >= 0.6 is 11.3 Å². The third kappa shape index (κ3) is 6.57. The molecule has 0 unspecified atom stereocenters. The smallest absolute Gasteiger partial charge is 0.164 e. The highest BCUT2D eigenvalue weighted by atomic mass is 32.1. The Kier molecular flexibility index (Phi) is 8.52. The van der Waals surface area contributed by atoms with Gasteiger partial charge in [-0.2, -0.15) is 0 Å². The number of hydrogen-bond acceptors (Lipinski definition) is 8. The van der Waals surface area contributed by atoms with Gasteiger partial charge in [-0.15, -0.1) is 21.5 Å². The van der Waals surface area contributed by atoms with Crippen molar-refractivity contribution in [3.05, 3.63) is 188 Å². The number of benzene rings is 7. The van der Waals surface area contributed by atoms with Crippen LogP contribution in [0.15, 0.2) is 188 Å². The minimum absolute atomic E-state index is 0.618. The van der Waals surface area contributed by atoms with Crippen LogP contribution < -0.4 is 0 Å². The van der Waals surface area contributed by atoms with Gasteiger partial charge in [0.05, 0.1) is 10.2 Å². The van der Waals surface area contributed by atoms with Crippen LogP contribution in [-0.2, 0) is 0 Å². The van der Waals surface area contributed by atoms with Crippen molar-refractivity contribution in [3.63, 3.8) is 0 Å². The number of pyridine rings is 1. The predicted molar refractivity (Wildman–Crippen MR) is 239 cm³/mol. The summed E-state index contributed by atoms with van der Waals surface area (Å²) in [4.78, 5) is 20.8. The zero-order valence-electron chi connectivity index (χ0n) is 31.4. The Morgan fingerprint density at radius 2 is 0.814 bits per heavy atom. The maximum atomic E-state index is 5.03. The van der Waals surface area contributed by atoms with Gasteiger partial charge in [-0.25, -0.2) is 19.9 Å². The van der Waals surface area contributed by atoms with Crippen molar-refractivity contribution in [2.45, 2.75) is 0 Å². The maximum absolute atomic E-state index is 5.03. The Morgan fingerprint density at radius 3 is 1.49 bits per heavy atom. The number of para-hydroxylation sites is 1. The molecule has 7 nitrogen and oxygen atoms in total. The molecule has 0 atom stereocenters. The van der Waals surface area contributed by atoms with E-state index < -0.39 is 0 Å². The van der Waals surface area contributed by atoms with Crippen molar-refractivity contribution in [2.75, 3.05) is 0 Å². The summed E-state index contributed by atoms with van der Waals surface area (Å²) in [6, 6.07) is 64.6.